The van der Waals surface area contributed by atoms with Gasteiger partial charge in [-0.15, -0.1) is 0 Å². The second kappa shape index (κ2) is 9.70. The summed E-state index contributed by atoms with van der Waals surface area (Å²) in [5, 5.41) is 2.71. The van der Waals surface area contributed by atoms with E-state index >= 15 is 0 Å². The maximum atomic E-state index is 12.0. The topological polar surface area (TPSA) is 84.5 Å². The molecule has 8 heteroatoms. The Morgan fingerprint density at radius 2 is 1.85 bits per heavy atom. The zero-order chi connectivity index (χ0) is 19.0. The number of nitrogens with one attached hydrogen (secondary N) is 2. The van der Waals surface area contributed by atoms with E-state index in [2.05, 4.69) is 26.0 Å². The minimum Gasteiger partial charge on any atom is -0.496 e. The molecule has 0 atom stereocenters. The molecular formula is C18H21BrN2O4S. The summed E-state index contributed by atoms with van der Waals surface area (Å²) >= 11 is 3.41. The summed E-state index contributed by atoms with van der Waals surface area (Å²) in [6.07, 6.45) is 0.911. The first kappa shape index (κ1) is 20.4. The lowest BCUT2D eigenvalue weighted by atomic mass is 10.1. The van der Waals surface area contributed by atoms with Crippen molar-refractivity contribution in [1.29, 1.82) is 0 Å². The summed E-state index contributed by atoms with van der Waals surface area (Å²) in [5.41, 5.74) is 1.01. The number of carbonyl (C=O) groups excluding carboxylic acids is 1. The Hall–Kier alpha value is -1.90. The first-order valence-electron chi connectivity index (χ1n) is 8.06. The van der Waals surface area contributed by atoms with Gasteiger partial charge in [-0.2, -0.15) is 0 Å². The fourth-order valence-corrected chi connectivity index (χ4v) is 3.92. The molecule has 0 bridgehead atoms. The molecule has 2 N–H and O–H groups in total. The molecule has 1 amide bonds. The Morgan fingerprint density at radius 3 is 2.50 bits per heavy atom. The van der Waals surface area contributed by atoms with Crippen molar-refractivity contribution in [3.05, 3.63) is 58.6 Å². The average Bonchev–Trinajstić information content (AvgIpc) is 2.64. The number of rotatable bonds is 9. The molecule has 2 rings (SSSR count). The third-order valence-electron chi connectivity index (χ3n) is 3.65. The van der Waals surface area contributed by atoms with Crippen molar-refractivity contribution in [2.75, 3.05) is 20.2 Å². The van der Waals surface area contributed by atoms with Gasteiger partial charge in [-0.25, -0.2) is 13.1 Å². The number of ether oxygens (including phenoxy) is 1. The Labute approximate surface area is 162 Å². The zero-order valence-corrected chi connectivity index (χ0v) is 16.8. The summed E-state index contributed by atoms with van der Waals surface area (Å²) in [7, 11) is -1.95. The highest BCUT2D eigenvalue weighted by molar-refractivity contribution is 9.10. The van der Waals surface area contributed by atoms with Crippen LogP contribution in [0.3, 0.4) is 0 Å². The van der Waals surface area contributed by atoms with Gasteiger partial charge in [0.1, 0.15) is 5.75 Å². The maximum absolute atomic E-state index is 12.0. The molecule has 0 saturated carbocycles. The van der Waals surface area contributed by atoms with Gasteiger partial charge >= 0.3 is 0 Å². The third-order valence-corrected chi connectivity index (χ3v) is 5.75. The van der Waals surface area contributed by atoms with E-state index in [9.17, 15) is 13.2 Å². The van der Waals surface area contributed by atoms with Gasteiger partial charge in [0.05, 0.1) is 16.5 Å². The van der Waals surface area contributed by atoms with Crippen LogP contribution in [-0.4, -0.2) is 34.5 Å². The van der Waals surface area contributed by atoms with Gasteiger partial charge in [-0.1, -0.05) is 24.3 Å². The largest absolute Gasteiger partial charge is 0.496 e. The normalized spacial score (nSPS) is 11.2. The molecule has 0 aliphatic heterocycles. The first-order chi connectivity index (χ1) is 12.4. The van der Waals surface area contributed by atoms with E-state index in [1.165, 1.54) is 12.1 Å². The van der Waals surface area contributed by atoms with Crippen LogP contribution in [-0.2, 0) is 21.2 Å². The van der Waals surface area contributed by atoms with Gasteiger partial charge in [0.25, 0.3) is 0 Å². The molecule has 0 aliphatic carbocycles. The summed E-state index contributed by atoms with van der Waals surface area (Å²) in [6, 6.07) is 13.8. The van der Waals surface area contributed by atoms with Crippen LogP contribution in [0.5, 0.6) is 5.75 Å². The van der Waals surface area contributed by atoms with Crippen LogP contribution < -0.4 is 14.8 Å². The average molecular weight is 441 g/mol. The minimum atomic E-state index is -3.54. The highest BCUT2D eigenvalue weighted by atomic mass is 79.9. The molecule has 26 heavy (non-hydrogen) atoms. The van der Waals surface area contributed by atoms with E-state index in [1.807, 2.05) is 18.2 Å². The molecule has 0 fully saturated rings. The van der Waals surface area contributed by atoms with Crippen LogP contribution in [0.4, 0.5) is 0 Å². The van der Waals surface area contributed by atoms with Crippen LogP contribution in [0.1, 0.15) is 12.0 Å². The molecule has 0 aromatic heterocycles. The number of halogens is 1. The van der Waals surface area contributed by atoms with E-state index in [1.54, 1.807) is 25.3 Å². The number of sulfonamides is 1. The predicted molar refractivity (Wildman–Crippen MR) is 104 cm³/mol. The quantitative estimate of drug-likeness (QED) is 0.586. The number of aryl methyl sites for hydroxylation is 1. The molecule has 140 valence electrons. The lowest BCUT2D eigenvalue weighted by molar-refractivity contribution is -0.121. The number of methoxy groups -OCH3 is 1. The molecule has 0 aliphatic rings. The summed E-state index contributed by atoms with van der Waals surface area (Å²) in [5.74, 6) is 0.611. The van der Waals surface area contributed by atoms with Gasteiger partial charge in [0.2, 0.25) is 15.9 Å². The van der Waals surface area contributed by atoms with Crippen LogP contribution in [0, 0.1) is 0 Å². The van der Waals surface area contributed by atoms with E-state index < -0.39 is 10.0 Å². The van der Waals surface area contributed by atoms with Gasteiger partial charge < -0.3 is 10.1 Å². The molecule has 6 nitrogen and oxygen atoms in total. The fraction of sp³-hybridized carbons (Fsp3) is 0.278. The van der Waals surface area contributed by atoms with Crippen molar-refractivity contribution in [2.45, 2.75) is 17.7 Å². The van der Waals surface area contributed by atoms with Crippen molar-refractivity contribution in [3.8, 4) is 5.75 Å². The Bertz CT molecular complexity index is 842. The monoisotopic (exact) mass is 440 g/mol. The van der Waals surface area contributed by atoms with Crippen molar-refractivity contribution in [3.63, 3.8) is 0 Å². The van der Waals surface area contributed by atoms with Crippen LogP contribution in [0.2, 0.25) is 0 Å². The van der Waals surface area contributed by atoms with E-state index in [-0.39, 0.29) is 23.9 Å². The van der Waals surface area contributed by atoms with Crippen LogP contribution in [0.25, 0.3) is 0 Å². The number of carbonyl (C=O) groups is 1. The number of hydrogen-bond donors (Lipinski definition) is 2. The highest BCUT2D eigenvalue weighted by Gasteiger charge is 2.12. The maximum Gasteiger partial charge on any atom is 0.240 e. The Morgan fingerprint density at radius 1 is 1.12 bits per heavy atom. The molecule has 0 unspecified atom stereocenters. The van der Waals surface area contributed by atoms with Gasteiger partial charge in [0.15, 0.2) is 0 Å². The molecule has 0 radical (unpaired) electrons. The first-order valence-corrected chi connectivity index (χ1v) is 10.3. The predicted octanol–water partition coefficient (Wildman–Crippen LogP) is 2.49. The third kappa shape index (κ3) is 6.12. The lowest BCUT2D eigenvalue weighted by Gasteiger charge is -2.09. The Kier molecular flexibility index (Phi) is 7.62. The molecule has 2 aromatic rings. The fourth-order valence-electron chi connectivity index (χ4n) is 2.28. The van der Waals surface area contributed by atoms with Crippen molar-refractivity contribution in [1.82, 2.24) is 10.0 Å². The smallest absolute Gasteiger partial charge is 0.240 e. The van der Waals surface area contributed by atoms with E-state index in [4.69, 9.17) is 4.74 Å². The van der Waals surface area contributed by atoms with Crippen molar-refractivity contribution >= 4 is 31.9 Å². The van der Waals surface area contributed by atoms with Crippen LogP contribution >= 0.6 is 15.9 Å². The molecule has 0 heterocycles. The SMILES string of the molecule is COc1ccc(CCC(=O)NCCNS(=O)(=O)c2ccccc2)cc1Br. The molecular weight excluding hydrogens is 420 g/mol. The van der Waals surface area contributed by atoms with E-state index in [0.717, 1.165) is 15.8 Å². The van der Waals surface area contributed by atoms with E-state index in [0.29, 0.717) is 12.8 Å². The summed E-state index contributed by atoms with van der Waals surface area (Å²) < 4.78 is 32.5. The zero-order valence-electron chi connectivity index (χ0n) is 14.4. The molecule has 0 spiro atoms. The molecule has 2 aromatic carbocycles. The van der Waals surface area contributed by atoms with Gasteiger partial charge in [0, 0.05) is 19.5 Å². The minimum absolute atomic E-state index is 0.129. The number of hydrogen-bond acceptors (Lipinski definition) is 4. The standard InChI is InChI=1S/C18H21BrN2O4S/c1-25-17-9-7-14(13-16(17)19)8-10-18(22)20-11-12-21-26(23,24)15-5-3-2-4-6-15/h2-7,9,13,21H,8,10-12H2,1H3,(H,20,22). The van der Waals surface area contributed by atoms with Gasteiger partial charge in [-0.3, -0.25) is 4.79 Å². The van der Waals surface area contributed by atoms with Crippen molar-refractivity contribution in [2.24, 2.45) is 0 Å². The van der Waals surface area contributed by atoms with Crippen molar-refractivity contribution < 1.29 is 17.9 Å². The summed E-state index contributed by atoms with van der Waals surface area (Å²) in [4.78, 5) is 12.1. The number of benzene rings is 2. The Balaban J connectivity index is 1.71. The van der Waals surface area contributed by atoms with Gasteiger partial charge in [-0.05, 0) is 52.2 Å². The summed E-state index contributed by atoms with van der Waals surface area (Å²) in [6.45, 7) is 0.369. The molecule has 0 saturated heterocycles. The number of amides is 1. The second-order valence-corrected chi connectivity index (χ2v) is 8.15. The van der Waals surface area contributed by atoms with Crippen LogP contribution in [0.15, 0.2) is 57.9 Å². The highest BCUT2D eigenvalue weighted by Crippen LogP contribution is 2.25. The second-order valence-electron chi connectivity index (χ2n) is 5.53. The lowest BCUT2D eigenvalue weighted by Crippen LogP contribution is -2.34.